The average Bonchev–Trinajstić information content (AvgIpc) is 3.22. The quantitative estimate of drug-likeness (QED) is 0.507. The van der Waals surface area contributed by atoms with Gasteiger partial charge in [-0.1, -0.05) is 35.5 Å². The number of carbonyl (C=O) groups is 1. The number of benzene rings is 1. The number of nitrogens with one attached hydrogen (secondary N) is 1. The van der Waals surface area contributed by atoms with E-state index in [0.29, 0.717) is 16.7 Å². The molecule has 2 aromatic heterocycles. The molecule has 5 nitrogen and oxygen atoms in total. The number of hydrogen-bond donors (Lipinski definition) is 1. The first kappa shape index (κ1) is 18.5. The molecule has 0 saturated heterocycles. The van der Waals surface area contributed by atoms with Gasteiger partial charge >= 0.3 is 0 Å². The number of fused-ring (bicyclic) bond motifs is 3. The maximum absolute atomic E-state index is 12.8. The van der Waals surface area contributed by atoms with Crippen LogP contribution in [0.5, 0.6) is 0 Å². The Hall–Kier alpha value is -1.83. The van der Waals surface area contributed by atoms with Gasteiger partial charge in [-0.25, -0.2) is 4.98 Å². The van der Waals surface area contributed by atoms with Crippen LogP contribution < -0.4 is 10.9 Å². The first-order chi connectivity index (χ1) is 13.0. The molecule has 0 fully saturated rings. The summed E-state index contributed by atoms with van der Waals surface area (Å²) in [6.07, 6.45) is 3.11. The zero-order valence-corrected chi connectivity index (χ0v) is 17.1. The summed E-state index contributed by atoms with van der Waals surface area (Å²) >= 11 is 8.85. The minimum Gasteiger partial charge on any atom is -0.351 e. The number of amides is 1. The minimum atomic E-state index is -0.108. The van der Waals surface area contributed by atoms with E-state index in [2.05, 4.69) is 10.3 Å². The molecule has 1 aliphatic rings. The minimum absolute atomic E-state index is 0.0127. The highest BCUT2D eigenvalue weighted by atomic mass is 35.5. The first-order valence-electron chi connectivity index (χ1n) is 8.68. The van der Waals surface area contributed by atoms with Gasteiger partial charge in [0.1, 0.15) is 4.83 Å². The predicted molar refractivity (Wildman–Crippen MR) is 111 cm³/mol. The van der Waals surface area contributed by atoms with Gasteiger partial charge in [0.25, 0.3) is 5.56 Å². The summed E-state index contributed by atoms with van der Waals surface area (Å²) in [6, 6.07) is 7.38. The molecule has 0 bridgehead atoms. The predicted octanol–water partition coefficient (Wildman–Crippen LogP) is 3.55. The molecule has 140 valence electrons. The van der Waals surface area contributed by atoms with Gasteiger partial charge in [0.15, 0.2) is 5.16 Å². The number of halogens is 1. The Morgan fingerprint density at radius 3 is 3.07 bits per heavy atom. The van der Waals surface area contributed by atoms with Gasteiger partial charge in [0.05, 0.1) is 11.1 Å². The number of thioether (sulfide) groups is 1. The fourth-order valence-corrected chi connectivity index (χ4v) is 5.58. The number of aryl methyl sites for hydroxylation is 2. The van der Waals surface area contributed by atoms with Gasteiger partial charge in [-0.05, 0) is 42.5 Å². The van der Waals surface area contributed by atoms with E-state index in [1.165, 1.54) is 22.2 Å². The Morgan fingerprint density at radius 1 is 1.41 bits per heavy atom. The molecule has 4 rings (SSSR count). The summed E-state index contributed by atoms with van der Waals surface area (Å²) in [7, 11) is 1.72. The van der Waals surface area contributed by atoms with Crippen molar-refractivity contribution in [1.82, 2.24) is 14.9 Å². The van der Waals surface area contributed by atoms with Gasteiger partial charge < -0.3 is 5.32 Å². The fraction of sp³-hybridized carbons (Fsp3) is 0.316. The van der Waals surface area contributed by atoms with E-state index in [1.54, 1.807) is 29.0 Å². The van der Waals surface area contributed by atoms with Crippen LogP contribution in [-0.4, -0.2) is 21.2 Å². The zero-order valence-electron chi connectivity index (χ0n) is 14.8. The third kappa shape index (κ3) is 3.77. The highest BCUT2D eigenvalue weighted by Crippen LogP contribution is 2.35. The van der Waals surface area contributed by atoms with Crippen molar-refractivity contribution in [2.24, 2.45) is 7.05 Å². The molecule has 27 heavy (non-hydrogen) atoms. The second-order valence-corrected chi connectivity index (χ2v) is 8.95. The largest absolute Gasteiger partial charge is 0.351 e. The van der Waals surface area contributed by atoms with Crippen molar-refractivity contribution in [2.45, 2.75) is 31.0 Å². The Balaban J connectivity index is 1.45. The summed E-state index contributed by atoms with van der Waals surface area (Å²) in [5.41, 5.74) is 2.11. The topological polar surface area (TPSA) is 64.0 Å². The summed E-state index contributed by atoms with van der Waals surface area (Å²) < 4.78 is 1.56. The molecule has 1 N–H and O–H groups in total. The van der Waals surface area contributed by atoms with Gasteiger partial charge in [0.2, 0.25) is 5.91 Å². The molecule has 1 amide bonds. The van der Waals surface area contributed by atoms with E-state index in [9.17, 15) is 9.59 Å². The molecular weight excluding hydrogens is 402 g/mol. The maximum atomic E-state index is 12.8. The summed E-state index contributed by atoms with van der Waals surface area (Å²) in [4.78, 5) is 31.7. The second-order valence-electron chi connectivity index (χ2n) is 6.49. The normalized spacial score (nSPS) is 13.1. The SMILES string of the molecule is Cn1c(SCC(=O)NCc2cccc(Cl)c2)nc2sc3c(c2c1=O)CCC3. The van der Waals surface area contributed by atoms with E-state index in [-0.39, 0.29) is 17.2 Å². The maximum Gasteiger partial charge on any atom is 0.262 e. The number of carbonyl (C=O) groups excluding carboxylic acids is 1. The Bertz CT molecular complexity index is 1090. The van der Waals surface area contributed by atoms with Crippen LogP contribution in [0.3, 0.4) is 0 Å². The van der Waals surface area contributed by atoms with E-state index in [4.69, 9.17) is 11.6 Å². The van der Waals surface area contributed by atoms with Crippen LogP contribution in [0.25, 0.3) is 10.2 Å². The van der Waals surface area contributed by atoms with E-state index in [0.717, 1.165) is 35.0 Å². The molecule has 1 aromatic carbocycles. The molecule has 0 aliphatic heterocycles. The lowest BCUT2D eigenvalue weighted by Gasteiger charge is -2.08. The van der Waals surface area contributed by atoms with Crippen LogP contribution in [0.2, 0.25) is 5.02 Å². The van der Waals surface area contributed by atoms with Crippen molar-refractivity contribution in [2.75, 3.05) is 5.75 Å². The molecule has 0 atom stereocenters. The summed E-state index contributed by atoms with van der Waals surface area (Å²) in [5, 5.41) is 4.86. The van der Waals surface area contributed by atoms with E-state index >= 15 is 0 Å². The molecule has 3 aromatic rings. The lowest BCUT2D eigenvalue weighted by atomic mass is 10.2. The fourth-order valence-electron chi connectivity index (χ4n) is 3.26. The Kier molecular flexibility index (Phi) is 5.25. The number of aromatic nitrogens is 2. The highest BCUT2D eigenvalue weighted by molar-refractivity contribution is 7.99. The van der Waals surface area contributed by atoms with E-state index in [1.807, 2.05) is 18.2 Å². The molecule has 0 spiro atoms. The number of rotatable bonds is 5. The van der Waals surface area contributed by atoms with Crippen LogP contribution in [0.1, 0.15) is 22.4 Å². The Labute approximate surface area is 169 Å². The van der Waals surface area contributed by atoms with Gasteiger partial charge in [-0.15, -0.1) is 11.3 Å². The summed E-state index contributed by atoms with van der Waals surface area (Å²) in [6.45, 7) is 0.420. The lowest BCUT2D eigenvalue weighted by Crippen LogP contribution is -2.25. The number of hydrogen-bond acceptors (Lipinski definition) is 5. The van der Waals surface area contributed by atoms with Crippen molar-refractivity contribution >= 4 is 50.8 Å². The average molecular weight is 420 g/mol. The van der Waals surface area contributed by atoms with Crippen LogP contribution >= 0.6 is 34.7 Å². The highest BCUT2D eigenvalue weighted by Gasteiger charge is 2.22. The molecule has 1 aliphatic carbocycles. The molecule has 0 unspecified atom stereocenters. The molecule has 8 heteroatoms. The first-order valence-corrected chi connectivity index (χ1v) is 10.9. The van der Waals surface area contributed by atoms with Crippen molar-refractivity contribution in [3.63, 3.8) is 0 Å². The number of thiophene rings is 1. The number of nitrogens with zero attached hydrogens (tertiary/aromatic N) is 2. The zero-order chi connectivity index (χ0) is 19.0. The van der Waals surface area contributed by atoms with Gasteiger partial charge in [-0.3, -0.25) is 14.2 Å². The smallest absolute Gasteiger partial charge is 0.262 e. The molecule has 2 heterocycles. The van der Waals surface area contributed by atoms with Crippen LogP contribution in [0, 0.1) is 0 Å². The molecular formula is C19H18ClN3O2S2. The van der Waals surface area contributed by atoms with Gasteiger partial charge in [0, 0.05) is 23.5 Å². The van der Waals surface area contributed by atoms with E-state index < -0.39 is 0 Å². The molecule has 0 radical (unpaired) electrons. The van der Waals surface area contributed by atoms with Crippen LogP contribution in [0.15, 0.2) is 34.2 Å². The van der Waals surface area contributed by atoms with Crippen LogP contribution in [-0.2, 0) is 31.2 Å². The third-order valence-electron chi connectivity index (χ3n) is 4.62. The standard InChI is InChI=1S/C19H18ClN3O2S2/c1-23-18(25)16-13-6-3-7-14(13)27-17(16)22-19(23)26-10-15(24)21-9-11-4-2-5-12(20)8-11/h2,4-5,8H,3,6-7,9-10H2,1H3,(H,21,24). The summed E-state index contributed by atoms with van der Waals surface area (Å²) in [5.74, 6) is 0.0975. The van der Waals surface area contributed by atoms with Crippen LogP contribution in [0.4, 0.5) is 0 Å². The lowest BCUT2D eigenvalue weighted by molar-refractivity contribution is -0.118. The van der Waals surface area contributed by atoms with Crippen molar-refractivity contribution in [1.29, 1.82) is 0 Å². The monoisotopic (exact) mass is 419 g/mol. The molecule has 0 saturated carbocycles. The second kappa shape index (κ2) is 7.66. The third-order valence-corrected chi connectivity index (χ3v) is 7.07. The van der Waals surface area contributed by atoms with Gasteiger partial charge in [-0.2, -0.15) is 0 Å². The van der Waals surface area contributed by atoms with Crippen molar-refractivity contribution in [3.05, 3.63) is 55.6 Å². The van der Waals surface area contributed by atoms with Crippen molar-refractivity contribution in [3.8, 4) is 0 Å². The Morgan fingerprint density at radius 2 is 2.26 bits per heavy atom. The van der Waals surface area contributed by atoms with Crippen molar-refractivity contribution < 1.29 is 4.79 Å².